The Labute approximate surface area is 134 Å². The summed E-state index contributed by atoms with van der Waals surface area (Å²) in [5.74, 6) is 0.553. The minimum absolute atomic E-state index is 0.271. The lowest BCUT2D eigenvalue weighted by Gasteiger charge is -2.39. The Hall–Kier alpha value is -1.32. The minimum Gasteiger partial charge on any atom is -0.423 e. The van der Waals surface area contributed by atoms with Crippen LogP contribution in [0.15, 0.2) is 48.6 Å². The molecule has 116 valence electrons. The highest BCUT2D eigenvalue weighted by molar-refractivity contribution is 6.60. The largest absolute Gasteiger partial charge is 0.491 e. The van der Waals surface area contributed by atoms with Gasteiger partial charge in [-0.3, -0.25) is 0 Å². The van der Waals surface area contributed by atoms with E-state index in [1.54, 1.807) is 0 Å². The molecule has 22 heavy (non-hydrogen) atoms. The fraction of sp³-hybridized carbons (Fsp3) is 0.474. The smallest absolute Gasteiger partial charge is 0.423 e. The van der Waals surface area contributed by atoms with E-state index in [1.807, 2.05) is 12.1 Å². The third-order valence-electron chi connectivity index (χ3n) is 5.12. The summed E-state index contributed by atoms with van der Waals surface area (Å²) in [5.41, 5.74) is 1.77. The first-order valence-electron chi connectivity index (χ1n) is 8.45. The van der Waals surface area contributed by atoms with Crippen LogP contribution in [-0.4, -0.2) is 17.7 Å². The van der Waals surface area contributed by atoms with Crippen molar-refractivity contribution >= 4 is 12.6 Å². The molecule has 2 aliphatic rings. The molecule has 1 heterocycles. The molecule has 3 heteroatoms. The molecule has 1 aliphatic carbocycles. The molecule has 3 unspecified atom stereocenters. The number of rotatable bonds is 4. The predicted molar refractivity (Wildman–Crippen MR) is 92.2 cm³/mol. The van der Waals surface area contributed by atoms with Gasteiger partial charge in [0.05, 0.1) is 5.60 Å². The van der Waals surface area contributed by atoms with Gasteiger partial charge in [-0.1, -0.05) is 74.8 Å². The Kier molecular flexibility index (Phi) is 4.55. The van der Waals surface area contributed by atoms with E-state index >= 15 is 0 Å². The second-order valence-corrected chi connectivity index (χ2v) is 6.69. The molecular weight excluding hydrogens is 271 g/mol. The number of fused-ring (bicyclic) bond motifs is 3. The van der Waals surface area contributed by atoms with Crippen LogP contribution < -0.4 is 5.46 Å². The van der Waals surface area contributed by atoms with Gasteiger partial charge in [0.25, 0.3) is 0 Å². The third-order valence-corrected chi connectivity index (χ3v) is 5.12. The first-order valence-corrected chi connectivity index (χ1v) is 8.45. The zero-order chi connectivity index (χ0) is 15.6. The topological polar surface area (TPSA) is 29.5 Å². The van der Waals surface area contributed by atoms with Gasteiger partial charge in [0.2, 0.25) is 0 Å². The molecular formula is C19H25BO2. The van der Waals surface area contributed by atoms with Gasteiger partial charge in [-0.05, 0) is 24.4 Å². The van der Waals surface area contributed by atoms with E-state index in [0.29, 0.717) is 0 Å². The lowest BCUT2D eigenvalue weighted by Crippen LogP contribution is -2.45. The zero-order valence-electron chi connectivity index (χ0n) is 13.5. The molecule has 0 aromatic heterocycles. The first kappa shape index (κ1) is 15.6. The molecule has 0 spiro atoms. The van der Waals surface area contributed by atoms with E-state index in [4.69, 9.17) is 4.65 Å². The molecule has 0 bridgehead atoms. The van der Waals surface area contributed by atoms with Crippen LogP contribution in [0.1, 0.15) is 51.0 Å². The van der Waals surface area contributed by atoms with Gasteiger partial charge >= 0.3 is 7.12 Å². The van der Waals surface area contributed by atoms with Gasteiger partial charge in [0.1, 0.15) is 0 Å². The van der Waals surface area contributed by atoms with E-state index < -0.39 is 7.12 Å². The molecule has 1 aromatic carbocycles. The summed E-state index contributed by atoms with van der Waals surface area (Å²) in [6.07, 6.45) is 13.3. The summed E-state index contributed by atoms with van der Waals surface area (Å²) < 4.78 is 6.21. The van der Waals surface area contributed by atoms with E-state index in [0.717, 1.165) is 18.3 Å². The van der Waals surface area contributed by atoms with Gasteiger partial charge < -0.3 is 9.68 Å². The van der Waals surface area contributed by atoms with Crippen LogP contribution in [0.4, 0.5) is 0 Å². The molecule has 2 nitrogen and oxygen atoms in total. The fourth-order valence-electron chi connectivity index (χ4n) is 3.88. The summed E-state index contributed by atoms with van der Waals surface area (Å²) in [5, 5.41) is 10.6. The van der Waals surface area contributed by atoms with Crippen molar-refractivity contribution in [2.24, 2.45) is 5.92 Å². The predicted octanol–water partition coefficient (Wildman–Crippen LogP) is 3.57. The van der Waals surface area contributed by atoms with Crippen molar-refractivity contribution in [3.05, 3.63) is 54.1 Å². The summed E-state index contributed by atoms with van der Waals surface area (Å²) in [6.45, 7) is 4.38. The molecule has 0 amide bonds. The van der Waals surface area contributed by atoms with Crippen LogP contribution in [-0.2, 0) is 4.65 Å². The number of benzene rings is 1. The molecule has 0 saturated carbocycles. The Morgan fingerprint density at radius 1 is 1.18 bits per heavy atom. The van der Waals surface area contributed by atoms with Crippen LogP contribution >= 0.6 is 0 Å². The lowest BCUT2D eigenvalue weighted by molar-refractivity contribution is 0.0160. The Morgan fingerprint density at radius 2 is 1.95 bits per heavy atom. The van der Waals surface area contributed by atoms with Crippen molar-refractivity contribution in [1.82, 2.24) is 0 Å². The standard InChI is InChI=1S/C19H25BO2/c1-3-4-9-14-19(2)17-12-7-5-10-15(17)16-11-6-8-13-18(16)20(21)22-19/h5-8,10-13,15,17,21H,3-4,9,14H2,1-2H3. The Bertz CT molecular complexity index is 581. The number of hydrogen-bond donors (Lipinski definition) is 1. The normalized spacial score (nSPS) is 29.9. The molecule has 1 aliphatic heterocycles. The fourth-order valence-corrected chi connectivity index (χ4v) is 3.88. The molecule has 0 radical (unpaired) electrons. The molecule has 1 N–H and O–H groups in total. The van der Waals surface area contributed by atoms with Crippen LogP contribution in [0.2, 0.25) is 0 Å². The van der Waals surface area contributed by atoms with E-state index in [-0.39, 0.29) is 17.4 Å². The Balaban J connectivity index is 1.99. The van der Waals surface area contributed by atoms with Gasteiger partial charge in [-0.2, -0.15) is 0 Å². The summed E-state index contributed by atoms with van der Waals surface area (Å²) in [6, 6.07) is 8.14. The third kappa shape index (κ3) is 2.80. The van der Waals surface area contributed by atoms with E-state index in [2.05, 4.69) is 50.3 Å². The SMILES string of the molecule is CCCCCC1(C)OB(O)c2ccccc2C2C=CC=CC21. The maximum Gasteiger partial charge on any atom is 0.491 e. The molecule has 3 rings (SSSR count). The molecule has 1 aromatic rings. The van der Waals surface area contributed by atoms with E-state index in [1.165, 1.54) is 18.4 Å². The van der Waals surface area contributed by atoms with Gasteiger partial charge in [0, 0.05) is 11.8 Å². The average Bonchev–Trinajstić information content (AvgIpc) is 2.63. The van der Waals surface area contributed by atoms with E-state index in [9.17, 15) is 5.02 Å². The number of allylic oxidation sites excluding steroid dienone is 3. The highest BCUT2D eigenvalue weighted by Gasteiger charge is 2.45. The van der Waals surface area contributed by atoms with Crippen LogP contribution in [0, 0.1) is 5.92 Å². The Morgan fingerprint density at radius 3 is 2.77 bits per heavy atom. The number of unbranched alkanes of at least 4 members (excludes halogenated alkanes) is 2. The highest BCUT2D eigenvalue weighted by Crippen LogP contribution is 2.43. The maximum atomic E-state index is 10.6. The van der Waals surface area contributed by atoms with Gasteiger partial charge in [-0.15, -0.1) is 0 Å². The summed E-state index contributed by atoms with van der Waals surface area (Å²) in [4.78, 5) is 0. The second kappa shape index (κ2) is 6.43. The molecule has 0 fully saturated rings. The van der Waals surface area contributed by atoms with Crippen LogP contribution in [0.3, 0.4) is 0 Å². The van der Waals surface area contributed by atoms with Crippen molar-refractivity contribution in [2.45, 2.75) is 51.0 Å². The van der Waals surface area contributed by atoms with Gasteiger partial charge in [-0.25, -0.2) is 0 Å². The summed E-state index contributed by atoms with van der Waals surface area (Å²) >= 11 is 0. The van der Waals surface area contributed by atoms with Crippen molar-refractivity contribution in [3.63, 3.8) is 0 Å². The highest BCUT2D eigenvalue weighted by atomic mass is 16.5. The number of hydrogen-bond acceptors (Lipinski definition) is 2. The minimum atomic E-state index is -0.838. The zero-order valence-corrected chi connectivity index (χ0v) is 13.5. The second-order valence-electron chi connectivity index (χ2n) is 6.69. The van der Waals surface area contributed by atoms with Crippen LogP contribution in [0.25, 0.3) is 0 Å². The van der Waals surface area contributed by atoms with Crippen molar-refractivity contribution in [2.75, 3.05) is 0 Å². The van der Waals surface area contributed by atoms with Crippen molar-refractivity contribution in [1.29, 1.82) is 0 Å². The molecule has 0 saturated heterocycles. The van der Waals surface area contributed by atoms with Crippen molar-refractivity contribution in [3.8, 4) is 0 Å². The first-order chi connectivity index (χ1) is 10.7. The summed E-state index contributed by atoms with van der Waals surface area (Å²) in [7, 11) is -0.838. The monoisotopic (exact) mass is 296 g/mol. The average molecular weight is 296 g/mol. The molecule has 3 atom stereocenters. The maximum absolute atomic E-state index is 10.6. The lowest BCUT2D eigenvalue weighted by atomic mass is 9.70. The quantitative estimate of drug-likeness (QED) is 0.680. The van der Waals surface area contributed by atoms with Crippen LogP contribution in [0.5, 0.6) is 0 Å². The van der Waals surface area contributed by atoms with Gasteiger partial charge in [0.15, 0.2) is 0 Å². The van der Waals surface area contributed by atoms with Crippen molar-refractivity contribution < 1.29 is 9.68 Å².